The maximum Gasteiger partial charge on any atom is 0.387 e. The number of rotatable bonds is 5. The van der Waals surface area contributed by atoms with Gasteiger partial charge in [0.05, 0.1) is 6.54 Å². The molecule has 0 aliphatic carbocycles. The van der Waals surface area contributed by atoms with Crippen molar-refractivity contribution in [2.75, 3.05) is 0 Å². The predicted octanol–water partition coefficient (Wildman–Crippen LogP) is 3.39. The number of imide groups is 1. The van der Waals surface area contributed by atoms with Gasteiger partial charge in [-0.15, -0.1) is 0 Å². The molecule has 0 aromatic heterocycles. The second kappa shape index (κ2) is 6.70. The average molecular weight is 364 g/mol. The Balaban J connectivity index is 1.81. The lowest BCUT2D eigenvalue weighted by Gasteiger charge is -2.22. The van der Waals surface area contributed by atoms with Crippen LogP contribution in [0.2, 0.25) is 0 Å². The van der Waals surface area contributed by atoms with Gasteiger partial charge in [-0.1, -0.05) is 24.3 Å². The molecule has 1 aliphatic heterocycles. The number of hydrogen-bond acceptors (Lipinski definition) is 3. The van der Waals surface area contributed by atoms with Crippen molar-refractivity contribution in [3.05, 3.63) is 65.5 Å². The first-order chi connectivity index (χ1) is 12.3. The molecule has 8 heteroatoms. The molecule has 1 atom stereocenters. The normalized spacial score (nSPS) is 19.8. The Bertz CT molecular complexity index is 825. The van der Waals surface area contributed by atoms with Crippen molar-refractivity contribution in [1.82, 2.24) is 10.2 Å². The zero-order valence-electron chi connectivity index (χ0n) is 13.7. The number of carbonyl (C=O) groups is 2. The Kier molecular flexibility index (Phi) is 4.58. The third-order valence-electron chi connectivity index (χ3n) is 4.19. The summed E-state index contributed by atoms with van der Waals surface area (Å²) >= 11 is 0. The fraction of sp³-hybridized carbons (Fsp3) is 0.222. The van der Waals surface area contributed by atoms with E-state index in [1.165, 1.54) is 55.5 Å². The van der Waals surface area contributed by atoms with E-state index in [1.54, 1.807) is 0 Å². The molecule has 0 spiro atoms. The highest BCUT2D eigenvalue weighted by molar-refractivity contribution is 6.07. The summed E-state index contributed by atoms with van der Waals surface area (Å²) < 4.78 is 41.7. The minimum absolute atomic E-state index is 0.00683. The van der Waals surface area contributed by atoms with Crippen molar-refractivity contribution < 1.29 is 27.5 Å². The van der Waals surface area contributed by atoms with Gasteiger partial charge in [0.15, 0.2) is 0 Å². The highest BCUT2D eigenvalue weighted by Gasteiger charge is 2.48. The van der Waals surface area contributed by atoms with E-state index in [0.29, 0.717) is 11.1 Å². The van der Waals surface area contributed by atoms with Crippen LogP contribution in [0.15, 0.2) is 48.5 Å². The molecule has 1 saturated heterocycles. The Morgan fingerprint density at radius 3 is 2.27 bits per heavy atom. The van der Waals surface area contributed by atoms with Gasteiger partial charge in [-0.2, -0.15) is 8.78 Å². The van der Waals surface area contributed by atoms with Gasteiger partial charge in [0.1, 0.15) is 17.1 Å². The number of alkyl halides is 2. The fourth-order valence-electron chi connectivity index (χ4n) is 2.78. The number of nitrogens with one attached hydrogen (secondary N) is 1. The van der Waals surface area contributed by atoms with Crippen LogP contribution in [0.3, 0.4) is 0 Å². The van der Waals surface area contributed by atoms with Crippen LogP contribution in [0.4, 0.5) is 18.0 Å². The molecule has 136 valence electrons. The average Bonchev–Trinajstić information content (AvgIpc) is 2.81. The van der Waals surface area contributed by atoms with Gasteiger partial charge < -0.3 is 10.1 Å². The smallest absolute Gasteiger partial charge is 0.387 e. The molecule has 1 unspecified atom stereocenters. The van der Waals surface area contributed by atoms with Gasteiger partial charge >= 0.3 is 12.6 Å². The molecule has 2 aromatic rings. The van der Waals surface area contributed by atoms with E-state index >= 15 is 0 Å². The van der Waals surface area contributed by atoms with Gasteiger partial charge in [-0.05, 0) is 42.3 Å². The van der Waals surface area contributed by atoms with Crippen LogP contribution < -0.4 is 10.1 Å². The Labute approximate surface area is 147 Å². The molecule has 1 heterocycles. The molecule has 5 nitrogen and oxygen atoms in total. The highest BCUT2D eigenvalue weighted by Crippen LogP contribution is 2.31. The molecule has 3 amide bonds. The molecular formula is C18H15F3N2O3. The second-order valence-corrected chi connectivity index (χ2v) is 5.98. The van der Waals surface area contributed by atoms with E-state index in [4.69, 9.17) is 0 Å². The lowest BCUT2D eigenvalue weighted by atomic mass is 9.92. The van der Waals surface area contributed by atoms with Crippen molar-refractivity contribution in [3.8, 4) is 5.75 Å². The van der Waals surface area contributed by atoms with Crippen molar-refractivity contribution in [1.29, 1.82) is 0 Å². The molecule has 26 heavy (non-hydrogen) atoms. The van der Waals surface area contributed by atoms with Crippen LogP contribution in [-0.2, 0) is 16.9 Å². The van der Waals surface area contributed by atoms with Crippen LogP contribution >= 0.6 is 0 Å². The van der Waals surface area contributed by atoms with Crippen LogP contribution in [0.1, 0.15) is 18.1 Å². The van der Waals surface area contributed by atoms with E-state index in [1.807, 2.05) is 0 Å². The zero-order chi connectivity index (χ0) is 18.9. The fourth-order valence-corrected chi connectivity index (χ4v) is 2.78. The molecule has 0 bridgehead atoms. The minimum Gasteiger partial charge on any atom is -0.435 e. The van der Waals surface area contributed by atoms with Gasteiger partial charge in [0.25, 0.3) is 5.91 Å². The van der Waals surface area contributed by atoms with Crippen molar-refractivity contribution in [2.24, 2.45) is 0 Å². The third kappa shape index (κ3) is 3.35. The molecule has 0 saturated carbocycles. The van der Waals surface area contributed by atoms with Crippen LogP contribution in [0.5, 0.6) is 5.75 Å². The Morgan fingerprint density at radius 2 is 1.69 bits per heavy atom. The molecule has 3 rings (SSSR count). The molecular weight excluding hydrogens is 349 g/mol. The standard InChI is InChI=1S/C18H15F3N2O3/c1-18(12-4-8-14(9-5-12)26-16(20)21)15(24)23(17(25)22-18)10-11-2-6-13(19)7-3-11/h2-9,16H,10H2,1H3,(H,22,25). The summed E-state index contributed by atoms with van der Waals surface area (Å²) in [5.74, 6) is -0.955. The van der Waals surface area contributed by atoms with Crippen molar-refractivity contribution in [3.63, 3.8) is 0 Å². The van der Waals surface area contributed by atoms with Gasteiger partial charge in [-0.25, -0.2) is 9.18 Å². The molecule has 2 aromatic carbocycles. The van der Waals surface area contributed by atoms with E-state index < -0.39 is 29.9 Å². The predicted molar refractivity (Wildman–Crippen MR) is 85.9 cm³/mol. The van der Waals surface area contributed by atoms with Gasteiger partial charge in [0.2, 0.25) is 0 Å². The number of nitrogens with zero attached hydrogens (tertiary/aromatic N) is 1. The summed E-state index contributed by atoms with van der Waals surface area (Å²) in [6.45, 7) is -1.43. The summed E-state index contributed by atoms with van der Waals surface area (Å²) in [6.07, 6.45) is 0. The van der Waals surface area contributed by atoms with Crippen LogP contribution in [0.25, 0.3) is 0 Å². The maximum atomic E-state index is 13.0. The van der Waals surface area contributed by atoms with E-state index in [0.717, 1.165) is 4.90 Å². The molecule has 1 aliphatic rings. The zero-order valence-corrected chi connectivity index (χ0v) is 13.7. The quantitative estimate of drug-likeness (QED) is 0.828. The molecule has 0 radical (unpaired) electrons. The summed E-state index contributed by atoms with van der Waals surface area (Å²) in [5, 5.41) is 2.61. The number of benzene rings is 2. The number of amides is 3. The maximum absolute atomic E-state index is 13.0. The first kappa shape index (κ1) is 17.8. The summed E-state index contributed by atoms with van der Waals surface area (Å²) in [7, 11) is 0. The monoisotopic (exact) mass is 364 g/mol. The summed E-state index contributed by atoms with van der Waals surface area (Å²) in [4.78, 5) is 26.1. The Morgan fingerprint density at radius 1 is 1.08 bits per heavy atom. The minimum atomic E-state index is -2.95. The van der Waals surface area contributed by atoms with Gasteiger partial charge in [0, 0.05) is 0 Å². The summed E-state index contributed by atoms with van der Waals surface area (Å²) in [6, 6.07) is 10.4. The highest BCUT2D eigenvalue weighted by atomic mass is 19.3. The van der Waals surface area contributed by atoms with Crippen molar-refractivity contribution in [2.45, 2.75) is 25.6 Å². The number of hydrogen-bond donors (Lipinski definition) is 1. The molecule has 1 fully saturated rings. The SMILES string of the molecule is CC1(c2ccc(OC(F)F)cc2)NC(=O)N(Cc2ccc(F)cc2)C1=O. The lowest BCUT2D eigenvalue weighted by molar-refractivity contribution is -0.131. The summed E-state index contributed by atoms with van der Waals surface area (Å²) in [5.41, 5.74) is -0.306. The molecule has 1 N–H and O–H groups in total. The van der Waals surface area contributed by atoms with E-state index in [2.05, 4.69) is 10.1 Å². The van der Waals surface area contributed by atoms with E-state index in [-0.39, 0.29) is 12.3 Å². The largest absolute Gasteiger partial charge is 0.435 e. The first-order valence-electron chi connectivity index (χ1n) is 7.73. The first-order valence-corrected chi connectivity index (χ1v) is 7.73. The lowest BCUT2D eigenvalue weighted by Crippen LogP contribution is -2.40. The topological polar surface area (TPSA) is 58.6 Å². The number of urea groups is 1. The van der Waals surface area contributed by atoms with Gasteiger partial charge in [-0.3, -0.25) is 9.69 Å². The third-order valence-corrected chi connectivity index (χ3v) is 4.19. The van der Waals surface area contributed by atoms with Crippen molar-refractivity contribution >= 4 is 11.9 Å². The van der Waals surface area contributed by atoms with Crippen LogP contribution in [0, 0.1) is 5.82 Å². The van der Waals surface area contributed by atoms with Crippen LogP contribution in [-0.4, -0.2) is 23.4 Å². The Hall–Kier alpha value is -3.03. The number of carbonyl (C=O) groups excluding carboxylic acids is 2. The number of halogens is 3. The number of ether oxygens (including phenoxy) is 1. The second-order valence-electron chi connectivity index (χ2n) is 5.98. The van der Waals surface area contributed by atoms with E-state index in [9.17, 15) is 22.8 Å².